The molecule has 1 aromatic carbocycles. The second-order valence-electron chi connectivity index (χ2n) is 6.88. The van der Waals surface area contributed by atoms with Crippen LogP contribution < -0.4 is 19.5 Å². The average Bonchev–Trinajstić information content (AvgIpc) is 3.53. The first kappa shape index (κ1) is 23.4. The van der Waals surface area contributed by atoms with E-state index in [1.54, 1.807) is 6.07 Å². The van der Waals surface area contributed by atoms with E-state index in [0.717, 1.165) is 11.3 Å². The van der Waals surface area contributed by atoms with Crippen LogP contribution in [-0.4, -0.2) is 26.3 Å². The Hall–Kier alpha value is -3.78. The number of ether oxygens (including phenoxy) is 2. The maximum atomic E-state index is 13.2. The van der Waals surface area contributed by atoms with Crippen molar-refractivity contribution in [3.8, 4) is 23.6 Å². The standard InChI is InChI=1S/C20H14ClN5O6S2/c1-10-15(21)20(32-25-10)26-34(28,29)14-4-7-33-18(14)19(27)24-16-11(2-5-22)8-13-17(31-9-30-13)12(16)3-6-23/h4,7-8,26H,2-3,9H2,1H3,(H,24,27). The number of rotatable bonds is 7. The van der Waals surface area contributed by atoms with Crippen LogP contribution in [0.5, 0.6) is 11.5 Å². The number of hydrogen-bond donors (Lipinski definition) is 2. The number of thiophene rings is 1. The zero-order chi connectivity index (χ0) is 24.5. The third kappa shape index (κ3) is 4.24. The molecule has 34 heavy (non-hydrogen) atoms. The van der Waals surface area contributed by atoms with Gasteiger partial charge in [0, 0.05) is 5.56 Å². The first-order chi connectivity index (χ1) is 16.3. The molecule has 1 aliphatic heterocycles. The Labute approximate surface area is 202 Å². The van der Waals surface area contributed by atoms with Gasteiger partial charge in [-0.3, -0.25) is 4.79 Å². The lowest BCUT2D eigenvalue weighted by molar-refractivity contribution is 0.102. The molecule has 1 aliphatic rings. The highest BCUT2D eigenvalue weighted by atomic mass is 35.5. The van der Waals surface area contributed by atoms with Crippen LogP contribution >= 0.6 is 22.9 Å². The smallest absolute Gasteiger partial charge is 0.267 e. The molecule has 2 aromatic heterocycles. The van der Waals surface area contributed by atoms with E-state index in [2.05, 4.69) is 15.2 Å². The minimum atomic E-state index is -4.27. The SMILES string of the molecule is Cc1noc(NS(=O)(=O)c2ccsc2C(=O)Nc2c(CC#N)cc3c(c2CC#N)OCO3)c1Cl. The highest BCUT2D eigenvalue weighted by Crippen LogP contribution is 2.43. The molecule has 0 spiro atoms. The van der Waals surface area contributed by atoms with Gasteiger partial charge in [0.15, 0.2) is 11.5 Å². The van der Waals surface area contributed by atoms with Crippen LogP contribution in [0.2, 0.25) is 5.02 Å². The van der Waals surface area contributed by atoms with Crippen LogP contribution in [0.4, 0.5) is 11.6 Å². The zero-order valence-electron chi connectivity index (χ0n) is 17.3. The number of hydrogen-bond acceptors (Lipinski definition) is 10. The van der Waals surface area contributed by atoms with Crippen LogP contribution in [0.1, 0.15) is 26.5 Å². The van der Waals surface area contributed by atoms with Crippen LogP contribution in [0.15, 0.2) is 26.9 Å². The van der Waals surface area contributed by atoms with Gasteiger partial charge in [-0.05, 0) is 30.0 Å². The summed E-state index contributed by atoms with van der Waals surface area (Å²) in [5, 5.41) is 26.2. The summed E-state index contributed by atoms with van der Waals surface area (Å²) in [6, 6.07) is 6.80. The molecule has 0 aliphatic carbocycles. The Kier molecular flexibility index (Phi) is 6.34. The van der Waals surface area contributed by atoms with Gasteiger partial charge >= 0.3 is 0 Å². The number of carbonyl (C=O) groups is 1. The Morgan fingerprint density at radius 2 is 2.06 bits per heavy atom. The van der Waals surface area contributed by atoms with E-state index in [0.29, 0.717) is 22.6 Å². The van der Waals surface area contributed by atoms with E-state index in [1.807, 2.05) is 12.1 Å². The minimum absolute atomic E-state index is 0.00698. The van der Waals surface area contributed by atoms with E-state index in [9.17, 15) is 23.7 Å². The molecule has 11 nitrogen and oxygen atoms in total. The van der Waals surface area contributed by atoms with E-state index < -0.39 is 15.9 Å². The maximum Gasteiger partial charge on any atom is 0.267 e. The second kappa shape index (κ2) is 9.23. The van der Waals surface area contributed by atoms with E-state index in [4.69, 9.17) is 25.6 Å². The van der Waals surface area contributed by atoms with Gasteiger partial charge < -0.3 is 19.3 Å². The number of amides is 1. The first-order valence-corrected chi connectivity index (χ1v) is 12.2. The molecular formula is C20H14ClN5O6S2. The summed E-state index contributed by atoms with van der Waals surface area (Å²) in [4.78, 5) is 12.7. The molecule has 0 atom stereocenters. The number of fused-ring (bicyclic) bond motifs is 1. The number of nitriles is 2. The minimum Gasteiger partial charge on any atom is -0.454 e. The van der Waals surface area contributed by atoms with Crippen LogP contribution in [-0.2, 0) is 22.9 Å². The summed E-state index contributed by atoms with van der Waals surface area (Å²) >= 11 is 6.88. The molecule has 0 bridgehead atoms. The van der Waals surface area contributed by atoms with Gasteiger partial charge in [0.1, 0.15) is 20.5 Å². The van der Waals surface area contributed by atoms with Crippen LogP contribution in [0.3, 0.4) is 0 Å². The normalized spacial score (nSPS) is 12.1. The number of aryl methyl sites for hydroxylation is 1. The molecule has 0 saturated carbocycles. The average molecular weight is 520 g/mol. The Morgan fingerprint density at radius 1 is 1.29 bits per heavy atom. The Morgan fingerprint density at radius 3 is 2.74 bits per heavy atom. The van der Waals surface area contributed by atoms with E-state index in [1.165, 1.54) is 18.4 Å². The number of carbonyl (C=O) groups excluding carboxylic acids is 1. The molecule has 1 amide bonds. The lowest BCUT2D eigenvalue weighted by Crippen LogP contribution is -2.19. The van der Waals surface area contributed by atoms with Gasteiger partial charge in [-0.15, -0.1) is 11.3 Å². The molecule has 174 valence electrons. The fourth-order valence-electron chi connectivity index (χ4n) is 3.24. The molecule has 0 fully saturated rings. The maximum absolute atomic E-state index is 13.2. The number of nitrogens with zero attached hydrogens (tertiary/aromatic N) is 3. The summed E-state index contributed by atoms with van der Waals surface area (Å²) in [7, 11) is -4.27. The first-order valence-electron chi connectivity index (χ1n) is 9.48. The molecule has 2 N–H and O–H groups in total. The zero-order valence-corrected chi connectivity index (χ0v) is 19.7. The van der Waals surface area contributed by atoms with Crippen molar-refractivity contribution in [2.45, 2.75) is 24.7 Å². The Bertz CT molecular complexity index is 1480. The van der Waals surface area contributed by atoms with E-state index in [-0.39, 0.29) is 51.8 Å². The van der Waals surface area contributed by atoms with Crippen molar-refractivity contribution in [2.75, 3.05) is 16.8 Å². The molecule has 3 aromatic rings. The summed E-state index contributed by atoms with van der Waals surface area (Å²) in [5.74, 6) is -0.390. The van der Waals surface area contributed by atoms with Crippen LogP contribution in [0.25, 0.3) is 0 Å². The fraction of sp³-hybridized carbons (Fsp3) is 0.200. The fourth-order valence-corrected chi connectivity index (χ4v) is 5.73. The second-order valence-corrected chi connectivity index (χ2v) is 9.82. The third-order valence-corrected chi connectivity index (χ3v) is 7.61. The number of nitrogens with one attached hydrogen (secondary N) is 2. The quantitative estimate of drug-likeness (QED) is 0.473. The van der Waals surface area contributed by atoms with Crippen molar-refractivity contribution in [1.82, 2.24) is 5.16 Å². The predicted molar refractivity (Wildman–Crippen MR) is 121 cm³/mol. The molecule has 0 saturated heterocycles. The largest absolute Gasteiger partial charge is 0.454 e. The van der Waals surface area contributed by atoms with Gasteiger partial charge in [-0.1, -0.05) is 16.8 Å². The highest BCUT2D eigenvalue weighted by Gasteiger charge is 2.29. The number of sulfonamides is 1. The molecule has 4 rings (SSSR count). The van der Waals surface area contributed by atoms with Crippen molar-refractivity contribution in [3.63, 3.8) is 0 Å². The molecular weight excluding hydrogens is 506 g/mol. The number of anilines is 2. The summed E-state index contributed by atoms with van der Waals surface area (Å²) < 4.78 is 43.8. The van der Waals surface area contributed by atoms with Crippen molar-refractivity contribution >= 4 is 50.4 Å². The molecule has 0 unspecified atom stereocenters. The molecule has 0 radical (unpaired) electrons. The van der Waals surface area contributed by atoms with Crippen molar-refractivity contribution < 1.29 is 27.2 Å². The van der Waals surface area contributed by atoms with Gasteiger partial charge in [-0.2, -0.15) is 10.5 Å². The van der Waals surface area contributed by atoms with Gasteiger partial charge in [0.05, 0.1) is 30.7 Å². The number of benzene rings is 1. The Balaban J connectivity index is 1.71. The molecule has 3 heterocycles. The van der Waals surface area contributed by atoms with Crippen LogP contribution in [0, 0.1) is 29.6 Å². The summed E-state index contributed by atoms with van der Waals surface area (Å²) in [6.45, 7) is 1.47. The third-order valence-electron chi connectivity index (χ3n) is 4.75. The summed E-state index contributed by atoms with van der Waals surface area (Å²) in [6.07, 6.45) is -0.230. The lowest BCUT2D eigenvalue weighted by atomic mass is 10.0. The topological polar surface area (TPSA) is 167 Å². The highest BCUT2D eigenvalue weighted by molar-refractivity contribution is 7.93. The van der Waals surface area contributed by atoms with Crippen molar-refractivity contribution in [1.29, 1.82) is 10.5 Å². The molecule has 14 heteroatoms. The monoisotopic (exact) mass is 519 g/mol. The van der Waals surface area contributed by atoms with Gasteiger partial charge in [0.25, 0.3) is 21.8 Å². The van der Waals surface area contributed by atoms with E-state index >= 15 is 0 Å². The predicted octanol–water partition coefficient (Wildman–Crippen LogP) is 3.61. The van der Waals surface area contributed by atoms with Crippen molar-refractivity contribution in [2.24, 2.45) is 0 Å². The van der Waals surface area contributed by atoms with Gasteiger partial charge in [0.2, 0.25) is 6.79 Å². The van der Waals surface area contributed by atoms with Crippen molar-refractivity contribution in [3.05, 3.63) is 44.2 Å². The lowest BCUT2D eigenvalue weighted by Gasteiger charge is -2.16. The number of aromatic nitrogens is 1. The van der Waals surface area contributed by atoms with Gasteiger partial charge in [-0.25, -0.2) is 13.1 Å². The number of halogens is 1. The summed E-state index contributed by atoms with van der Waals surface area (Å²) in [5.41, 5.74) is 1.21.